The molecule has 1 aliphatic rings. The van der Waals surface area contributed by atoms with Gasteiger partial charge in [-0.1, -0.05) is 6.08 Å². The molecule has 1 heterocycles. The van der Waals surface area contributed by atoms with E-state index in [1.165, 1.54) is 20.3 Å². The van der Waals surface area contributed by atoms with E-state index in [2.05, 4.69) is 5.32 Å². The van der Waals surface area contributed by atoms with Crippen LogP contribution < -0.4 is 10.2 Å². The van der Waals surface area contributed by atoms with Crippen molar-refractivity contribution in [1.82, 2.24) is 0 Å². The van der Waals surface area contributed by atoms with Gasteiger partial charge in [0.1, 0.15) is 5.70 Å². The van der Waals surface area contributed by atoms with Crippen molar-refractivity contribution in [2.75, 3.05) is 37.6 Å². The van der Waals surface area contributed by atoms with Gasteiger partial charge in [-0.15, -0.1) is 0 Å². The standard InChI is InChI=1S/C18H20N2O5/c1-24-17(22)15-5-3-4-11-20(16(15)18(23)25-2)14-8-6-13(7-9-14)19-10-12-21/h3-9,11,19,21H,10,12H2,1-2H3. The van der Waals surface area contributed by atoms with Gasteiger partial charge in [-0.2, -0.15) is 0 Å². The Morgan fingerprint density at radius 1 is 1.08 bits per heavy atom. The summed E-state index contributed by atoms with van der Waals surface area (Å²) < 4.78 is 9.62. The van der Waals surface area contributed by atoms with Crippen LogP contribution in [0.15, 0.2) is 60.0 Å². The second-order valence-corrected chi connectivity index (χ2v) is 5.01. The molecule has 7 heteroatoms. The highest BCUT2D eigenvalue weighted by molar-refractivity contribution is 6.05. The van der Waals surface area contributed by atoms with Crippen molar-refractivity contribution in [3.05, 3.63) is 60.0 Å². The Balaban J connectivity index is 2.45. The molecule has 0 amide bonds. The molecule has 0 saturated heterocycles. The Labute approximate surface area is 145 Å². The molecule has 132 valence electrons. The highest BCUT2D eigenvalue weighted by Crippen LogP contribution is 2.27. The van der Waals surface area contributed by atoms with Crippen LogP contribution in [0.25, 0.3) is 0 Å². The Hall–Kier alpha value is -3.06. The van der Waals surface area contributed by atoms with Gasteiger partial charge < -0.3 is 24.8 Å². The molecule has 2 N–H and O–H groups in total. The first-order chi connectivity index (χ1) is 12.1. The van der Waals surface area contributed by atoms with Crippen LogP contribution in [0.4, 0.5) is 11.4 Å². The maximum Gasteiger partial charge on any atom is 0.355 e. The number of carbonyl (C=O) groups excluding carboxylic acids is 2. The average Bonchev–Trinajstić information content (AvgIpc) is 2.88. The molecule has 7 nitrogen and oxygen atoms in total. The highest BCUT2D eigenvalue weighted by atomic mass is 16.5. The molecule has 0 unspecified atom stereocenters. The van der Waals surface area contributed by atoms with E-state index in [1.807, 2.05) is 12.1 Å². The summed E-state index contributed by atoms with van der Waals surface area (Å²) in [6.45, 7) is 0.465. The zero-order valence-corrected chi connectivity index (χ0v) is 14.1. The van der Waals surface area contributed by atoms with Gasteiger partial charge in [0.2, 0.25) is 0 Å². The minimum Gasteiger partial charge on any atom is -0.465 e. The van der Waals surface area contributed by atoms with Crippen molar-refractivity contribution >= 4 is 23.3 Å². The number of aliphatic hydroxyl groups is 1. The predicted molar refractivity (Wildman–Crippen MR) is 93.8 cm³/mol. The summed E-state index contributed by atoms with van der Waals surface area (Å²) in [4.78, 5) is 25.9. The van der Waals surface area contributed by atoms with Crippen LogP contribution in [0.2, 0.25) is 0 Å². The van der Waals surface area contributed by atoms with Crippen molar-refractivity contribution in [3.63, 3.8) is 0 Å². The van der Waals surface area contributed by atoms with Gasteiger partial charge in [0.05, 0.1) is 26.4 Å². The van der Waals surface area contributed by atoms with E-state index in [4.69, 9.17) is 14.6 Å². The third kappa shape index (κ3) is 4.27. The van der Waals surface area contributed by atoms with Gasteiger partial charge in [-0.25, -0.2) is 9.59 Å². The molecule has 2 rings (SSSR count). The maximum absolute atomic E-state index is 12.3. The maximum atomic E-state index is 12.3. The lowest BCUT2D eigenvalue weighted by atomic mass is 10.1. The highest BCUT2D eigenvalue weighted by Gasteiger charge is 2.27. The van der Waals surface area contributed by atoms with Crippen molar-refractivity contribution in [2.24, 2.45) is 0 Å². The quantitative estimate of drug-likeness (QED) is 0.758. The number of benzene rings is 1. The minimum atomic E-state index is -0.654. The molecular weight excluding hydrogens is 324 g/mol. The first-order valence-electron chi connectivity index (χ1n) is 7.62. The zero-order valence-electron chi connectivity index (χ0n) is 14.1. The Bertz CT molecular complexity index is 719. The summed E-state index contributed by atoms with van der Waals surface area (Å²) in [5, 5.41) is 11.9. The van der Waals surface area contributed by atoms with E-state index >= 15 is 0 Å². The molecule has 0 radical (unpaired) electrons. The lowest BCUT2D eigenvalue weighted by Crippen LogP contribution is -2.26. The first-order valence-corrected chi connectivity index (χ1v) is 7.62. The lowest BCUT2D eigenvalue weighted by Gasteiger charge is -2.23. The van der Waals surface area contributed by atoms with Crippen molar-refractivity contribution in [3.8, 4) is 0 Å². The number of ether oxygens (including phenoxy) is 2. The van der Waals surface area contributed by atoms with Gasteiger partial charge in [-0.3, -0.25) is 0 Å². The summed E-state index contributed by atoms with van der Waals surface area (Å²) in [6.07, 6.45) is 6.52. The van der Waals surface area contributed by atoms with Crippen molar-refractivity contribution in [1.29, 1.82) is 0 Å². The first kappa shape index (κ1) is 18.3. The number of hydrogen-bond acceptors (Lipinski definition) is 7. The van der Waals surface area contributed by atoms with Gasteiger partial charge in [0.25, 0.3) is 0 Å². The lowest BCUT2D eigenvalue weighted by molar-refractivity contribution is -0.139. The largest absolute Gasteiger partial charge is 0.465 e. The third-order valence-electron chi connectivity index (χ3n) is 3.48. The van der Waals surface area contributed by atoms with Crippen molar-refractivity contribution < 1.29 is 24.2 Å². The molecule has 1 aliphatic heterocycles. The number of anilines is 2. The van der Waals surface area contributed by atoms with E-state index in [-0.39, 0.29) is 17.9 Å². The number of esters is 2. The molecule has 0 spiro atoms. The van der Waals surface area contributed by atoms with E-state index in [0.29, 0.717) is 12.2 Å². The number of nitrogens with one attached hydrogen (secondary N) is 1. The summed E-state index contributed by atoms with van der Waals surface area (Å²) >= 11 is 0. The number of carbonyl (C=O) groups is 2. The van der Waals surface area contributed by atoms with E-state index in [0.717, 1.165) is 5.69 Å². The number of methoxy groups -OCH3 is 2. The van der Waals surface area contributed by atoms with E-state index < -0.39 is 11.9 Å². The van der Waals surface area contributed by atoms with Crippen LogP contribution in [-0.2, 0) is 19.1 Å². The molecule has 0 aromatic heterocycles. The van der Waals surface area contributed by atoms with E-state index in [9.17, 15) is 9.59 Å². The second kappa shape index (κ2) is 8.70. The summed E-state index contributed by atoms with van der Waals surface area (Å²) in [7, 11) is 2.50. The number of rotatable bonds is 6. The topological polar surface area (TPSA) is 88.1 Å². The van der Waals surface area contributed by atoms with Crippen LogP contribution >= 0.6 is 0 Å². The fraction of sp³-hybridized carbons (Fsp3) is 0.222. The normalized spacial score (nSPS) is 13.5. The molecule has 0 atom stereocenters. The van der Waals surface area contributed by atoms with Crippen LogP contribution in [0, 0.1) is 0 Å². The van der Waals surface area contributed by atoms with Gasteiger partial charge in [0.15, 0.2) is 0 Å². The Kier molecular flexibility index (Phi) is 6.36. The van der Waals surface area contributed by atoms with Crippen LogP contribution in [0.3, 0.4) is 0 Å². The number of nitrogens with zero attached hydrogens (tertiary/aromatic N) is 1. The fourth-order valence-electron chi connectivity index (χ4n) is 2.31. The molecule has 0 fully saturated rings. The van der Waals surface area contributed by atoms with Crippen LogP contribution in [-0.4, -0.2) is 44.4 Å². The Morgan fingerprint density at radius 2 is 1.76 bits per heavy atom. The SMILES string of the molecule is COC(=O)C1=C(C(=O)OC)N(c2ccc(NCCO)cc2)C=CC=C1. The van der Waals surface area contributed by atoms with Crippen molar-refractivity contribution in [2.45, 2.75) is 0 Å². The van der Waals surface area contributed by atoms with Gasteiger partial charge in [0, 0.05) is 24.1 Å². The average molecular weight is 344 g/mol. The monoisotopic (exact) mass is 344 g/mol. The molecule has 0 aliphatic carbocycles. The number of allylic oxidation sites excluding steroid dienone is 2. The van der Waals surface area contributed by atoms with E-state index in [1.54, 1.807) is 35.4 Å². The molecular formula is C18H20N2O5. The number of hydrogen-bond donors (Lipinski definition) is 2. The minimum absolute atomic E-state index is 0.0278. The van der Waals surface area contributed by atoms with Gasteiger partial charge >= 0.3 is 11.9 Å². The summed E-state index contributed by atoms with van der Waals surface area (Å²) in [5.41, 5.74) is 1.65. The molecule has 1 aromatic rings. The fourth-order valence-corrected chi connectivity index (χ4v) is 2.31. The summed E-state index contributed by atoms with van der Waals surface area (Å²) in [5.74, 6) is -1.29. The number of aliphatic hydroxyl groups excluding tert-OH is 1. The zero-order chi connectivity index (χ0) is 18.2. The van der Waals surface area contributed by atoms with Gasteiger partial charge in [-0.05, 0) is 36.4 Å². The third-order valence-corrected chi connectivity index (χ3v) is 3.48. The molecule has 0 bridgehead atoms. The predicted octanol–water partition coefficient (Wildman–Crippen LogP) is 1.58. The molecule has 25 heavy (non-hydrogen) atoms. The Morgan fingerprint density at radius 3 is 2.36 bits per heavy atom. The smallest absolute Gasteiger partial charge is 0.355 e. The molecule has 0 saturated carbocycles. The second-order valence-electron chi connectivity index (χ2n) is 5.01. The summed E-state index contributed by atoms with van der Waals surface area (Å²) in [6, 6.07) is 7.19. The molecule has 1 aromatic carbocycles. The van der Waals surface area contributed by atoms with Crippen LogP contribution in [0.5, 0.6) is 0 Å². The van der Waals surface area contributed by atoms with Crippen LogP contribution in [0.1, 0.15) is 0 Å².